The average molecular weight is 277 g/mol. The Labute approximate surface area is 104 Å². The van der Waals surface area contributed by atoms with Gasteiger partial charge < -0.3 is 9.72 Å². The van der Waals surface area contributed by atoms with Crippen LogP contribution in [0.4, 0.5) is 22.0 Å². The van der Waals surface area contributed by atoms with Gasteiger partial charge in [0.2, 0.25) is 0 Å². The third-order valence-electron chi connectivity index (χ3n) is 2.16. The average Bonchev–Trinajstić information content (AvgIpc) is 2.80. The minimum atomic E-state index is -5.77. The number of nitrogens with zero attached hydrogens (tertiary/aromatic N) is 1. The third kappa shape index (κ3) is 2.83. The normalized spacial score (nSPS) is 12.5. The Hall–Kier alpha value is -2.12. The summed E-state index contributed by atoms with van der Waals surface area (Å²) in [7, 11) is 0. The zero-order chi connectivity index (χ0) is 14.1. The lowest BCUT2D eigenvalue weighted by Gasteiger charge is -2.20. The van der Waals surface area contributed by atoms with Gasteiger partial charge in [-0.05, 0) is 12.1 Å². The first-order valence-corrected chi connectivity index (χ1v) is 4.95. The van der Waals surface area contributed by atoms with Crippen LogP contribution in [0, 0.1) is 6.33 Å². The molecule has 1 aromatic carbocycles. The smallest absolute Gasteiger partial charge is 0.426 e. The van der Waals surface area contributed by atoms with Crippen LogP contribution in [0.15, 0.2) is 30.5 Å². The van der Waals surface area contributed by atoms with Crippen molar-refractivity contribution in [1.29, 1.82) is 0 Å². The van der Waals surface area contributed by atoms with E-state index in [0.29, 0.717) is 11.3 Å². The molecule has 8 heteroatoms. The number of rotatable bonds is 3. The maximum absolute atomic E-state index is 12.7. The van der Waals surface area contributed by atoms with Crippen LogP contribution in [-0.4, -0.2) is 22.3 Å². The molecule has 0 saturated heterocycles. The molecular weight excluding hydrogens is 271 g/mol. The highest BCUT2D eigenvalue weighted by atomic mass is 19.4. The maximum Gasteiger partial charge on any atom is 0.499 e. The van der Waals surface area contributed by atoms with Crippen molar-refractivity contribution in [3.05, 3.63) is 36.8 Å². The molecule has 101 valence electrons. The summed E-state index contributed by atoms with van der Waals surface area (Å²) < 4.78 is 65.1. The van der Waals surface area contributed by atoms with E-state index in [0.717, 1.165) is 12.1 Å². The van der Waals surface area contributed by atoms with Crippen molar-refractivity contribution in [2.45, 2.75) is 12.3 Å². The minimum absolute atomic E-state index is 0.327. The van der Waals surface area contributed by atoms with Crippen LogP contribution in [0.3, 0.4) is 0 Å². The summed E-state index contributed by atoms with van der Waals surface area (Å²) >= 11 is 0. The van der Waals surface area contributed by atoms with Crippen LogP contribution < -0.4 is 4.74 Å². The van der Waals surface area contributed by atoms with E-state index < -0.39 is 18.0 Å². The van der Waals surface area contributed by atoms with Crippen molar-refractivity contribution in [1.82, 2.24) is 9.97 Å². The molecule has 1 heterocycles. The number of alkyl halides is 5. The highest BCUT2D eigenvalue weighted by Gasteiger charge is 2.61. The number of H-pyrrole nitrogens is 1. The summed E-state index contributed by atoms with van der Waals surface area (Å²) in [5.41, 5.74) is 0.675. The number of hydrogen-bond donors (Lipinski definition) is 1. The van der Waals surface area contributed by atoms with Crippen LogP contribution in [-0.2, 0) is 0 Å². The Morgan fingerprint density at radius 2 is 1.89 bits per heavy atom. The fourth-order valence-electron chi connectivity index (χ4n) is 1.30. The first-order valence-electron chi connectivity index (χ1n) is 4.95. The Kier molecular flexibility index (Phi) is 3.17. The molecule has 19 heavy (non-hydrogen) atoms. The number of nitrogens with one attached hydrogen (secondary N) is 1. The highest BCUT2D eigenvalue weighted by molar-refractivity contribution is 5.60. The fraction of sp³-hybridized carbons (Fsp3) is 0.182. The molecule has 1 N–H and O–H groups in total. The first kappa shape index (κ1) is 13.3. The molecule has 0 amide bonds. The van der Waals surface area contributed by atoms with Crippen LogP contribution in [0.5, 0.6) is 5.75 Å². The van der Waals surface area contributed by atoms with E-state index >= 15 is 0 Å². The summed E-state index contributed by atoms with van der Waals surface area (Å²) in [5.74, 6) is -0.608. The van der Waals surface area contributed by atoms with E-state index in [1.54, 1.807) is 0 Å². The predicted octanol–water partition coefficient (Wildman–Crippen LogP) is 3.41. The molecule has 0 aliphatic carbocycles. The minimum Gasteiger partial charge on any atom is -0.426 e. The second-order valence-electron chi connectivity index (χ2n) is 3.54. The molecule has 0 bridgehead atoms. The van der Waals surface area contributed by atoms with Crippen molar-refractivity contribution < 1.29 is 26.7 Å². The number of hydrogen-bond acceptors (Lipinski definition) is 2. The zero-order valence-corrected chi connectivity index (χ0v) is 9.13. The molecule has 0 aliphatic rings. The molecule has 1 aromatic heterocycles. The summed E-state index contributed by atoms with van der Waals surface area (Å²) in [6.45, 7) is 0. The largest absolute Gasteiger partial charge is 0.499 e. The van der Waals surface area contributed by atoms with Gasteiger partial charge in [0.1, 0.15) is 5.75 Å². The molecule has 0 unspecified atom stereocenters. The SMILES string of the molecule is FC(F)(F)C(F)(F)Oc1cccc(-c2c[nH][c]n2)c1. The van der Waals surface area contributed by atoms with E-state index in [2.05, 4.69) is 21.0 Å². The van der Waals surface area contributed by atoms with Crippen LogP contribution in [0.25, 0.3) is 11.3 Å². The summed E-state index contributed by atoms with van der Waals surface area (Å²) in [5, 5.41) is 0. The predicted molar refractivity (Wildman–Crippen MR) is 54.5 cm³/mol. The van der Waals surface area contributed by atoms with Gasteiger partial charge in [-0.25, -0.2) is 4.98 Å². The summed E-state index contributed by atoms with van der Waals surface area (Å²) in [6.07, 6.45) is -7.23. The van der Waals surface area contributed by atoms with Crippen LogP contribution in [0.1, 0.15) is 0 Å². The van der Waals surface area contributed by atoms with E-state index in [9.17, 15) is 22.0 Å². The van der Waals surface area contributed by atoms with Crippen molar-refractivity contribution >= 4 is 0 Å². The van der Waals surface area contributed by atoms with E-state index in [4.69, 9.17) is 0 Å². The van der Waals surface area contributed by atoms with Crippen LogP contribution in [0.2, 0.25) is 0 Å². The number of aromatic nitrogens is 2. The molecule has 0 fully saturated rings. The van der Waals surface area contributed by atoms with E-state index in [-0.39, 0.29) is 0 Å². The lowest BCUT2D eigenvalue weighted by atomic mass is 10.1. The number of ether oxygens (including phenoxy) is 1. The van der Waals surface area contributed by atoms with Gasteiger partial charge in [-0.3, -0.25) is 0 Å². The van der Waals surface area contributed by atoms with E-state index in [1.165, 1.54) is 18.3 Å². The van der Waals surface area contributed by atoms with Gasteiger partial charge in [0.25, 0.3) is 0 Å². The fourth-order valence-corrected chi connectivity index (χ4v) is 1.30. The van der Waals surface area contributed by atoms with Crippen molar-refractivity contribution in [3.63, 3.8) is 0 Å². The lowest BCUT2D eigenvalue weighted by Crippen LogP contribution is -2.41. The summed E-state index contributed by atoms with van der Waals surface area (Å²) in [4.78, 5) is 6.24. The molecule has 0 saturated carbocycles. The van der Waals surface area contributed by atoms with Gasteiger partial charge in [0, 0.05) is 11.8 Å². The van der Waals surface area contributed by atoms with Gasteiger partial charge in [-0.1, -0.05) is 12.1 Å². The molecule has 2 aromatic rings. The van der Waals surface area contributed by atoms with E-state index in [1.807, 2.05) is 0 Å². The van der Waals surface area contributed by atoms with Crippen molar-refractivity contribution in [3.8, 4) is 17.0 Å². The number of benzene rings is 1. The quantitative estimate of drug-likeness (QED) is 0.873. The third-order valence-corrected chi connectivity index (χ3v) is 2.16. The standard InChI is InChI=1S/C11H6F5N2O/c12-10(13,14)11(15,16)19-8-3-1-2-7(4-8)9-5-17-6-18-9/h1-5H,(H,17,18). The molecule has 1 radical (unpaired) electrons. The van der Waals surface area contributed by atoms with Crippen LogP contribution >= 0.6 is 0 Å². The lowest BCUT2D eigenvalue weighted by molar-refractivity contribution is -0.360. The van der Waals surface area contributed by atoms with Gasteiger partial charge >= 0.3 is 12.3 Å². The van der Waals surface area contributed by atoms with Gasteiger partial charge in [0.15, 0.2) is 6.33 Å². The summed E-state index contributed by atoms with van der Waals surface area (Å²) in [6, 6.07) is 4.80. The second kappa shape index (κ2) is 4.52. The molecule has 0 spiro atoms. The second-order valence-corrected chi connectivity index (χ2v) is 3.54. The van der Waals surface area contributed by atoms with Gasteiger partial charge in [-0.15, -0.1) is 0 Å². The number of imidazole rings is 1. The Morgan fingerprint density at radius 1 is 1.16 bits per heavy atom. The Morgan fingerprint density at radius 3 is 2.47 bits per heavy atom. The number of aromatic amines is 1. The monoisotopic (exact) mass is 277 g/mol. The molecule has 2 rings (SSSR count). The maximum atomic E-state index is 12.7. The molecular formula is C11H6F5N2O. The van der Waals surface area contributed by atoms with Gasteiger partial charge in [-0.2, -0.15) is 22.0 Å². The number of halogens is 5. The molecule has 3 nitrogen and oxygen atoms in total. The van der Waals surface area contributed by atoms with Crippen molar-refractivity contribution in [2.24, 2.45) is 0 Å². The van der Waals surface area contributed by atoms with Crippen molar-refractivity contribution in [2.75, 3.05) is 0 Å². The zero-order valence-electron chi connectivity index (χ0n) is 9.13. The Bertz CT molecular complexity index is 550. The molecule has 0 aliphatic heterocycles. The van der Waals surface area contributed by atoms with Gasteiger partial charge in [0.05, 0.1) is 5.69 Å². The topological polar surface area (TPSA) is 37.9 Å². The first-order chi connectivity index (χ1) is 8.79. The molecule has 0 atom stereocenters. The Balaban J connectivity index is 2.26. The highest BCUT2D eigenvalue weighted by Crippen LogP contribution is 2.37.